The molecule has 78 valence electrons. The fourth-order valence-corrected chi connectivity index (χ4v) is 2.35. The number of rotatable bonds is 2. The molecule has 0 bridgehead atoms. The fourth-order valence-electron chi connectivity index (χ4n) is 2.35. The predicted octanol–water partition coefficient (Wildman–Crippen LogP) is 1.50. The van der Waals surface area contributed by atoms with Crippen LogP contribution in [0.4, 0.5) is 0 Å². The fraction of sp³-hybridized carbons (Fsp3) is 0.727. The molecule has 0 radical (unpaired) electrons. The van der Waals surface area contributed by atoms with Gasteiger partial charge in [0.1, 0.15) is 0 Å². The van der Waals surface area contributed by atoms with Crippen LogP contribution in [0.1, 0.15) is 37.9 Å². The van der Waals surface area contributed by atoms with Gasteiger partial charge in [-0.3, -0.25) is 4.68 Å². The van der Waals surface area contributed by atoms with E-state index >= 15 is 0 Å². The largest absolute Gasteiger partial charge is 0.325 e. The third kappa shape index (κ3) is 1.12. The molecule has 0 aromatic carbocycles. The van der Waals surface area contributed by atoms with Gasteiger partial charge in [0.25, 0.3) is 0 Å². The van der Waals surface area contributed by atoms with Crippen LogP contribution < -0.4 is 5.73 Å². The van der Waals surface area contributed by atoms with E-state index in [1.54, 1.807) is 0 Å². The van der Waals surface area contributed by atoms with Crippen molar-refractivity contribution in [3.05, 3.63) is 17.5 Å². The molecule has 1 aromatic heterocycles. The van der Waals surface area contributed by atoms with Crippen molar-refractivity contribution in [2.45, 2.75) is 44.6 Å². The van der Waals surface area contributed by atoms with Crippen molar-refractivity contribution < 1.29 is 0 Å². The minimum atomic E-state index is -0.138. The Labute approximate surface area is 85.3 Å². The number of aromatic nitrogens is 2. The molecule has 2 N–H and O–H groups in total. The highest BCUT2D eigenvalue weighted by Crippen LogP contribution is 2.55. The van der Waals surface area contributed by atoms with Crippen molar-refractivity contribution in [1.82, 2.24) is 9.78 Å². The van der Waals surface area contributed by atoms with E-state index in [2.05, 4.69) is 25.9 Å². The summed E-state index contributed by atoms with van der Waals surface area (Å²) in [6.07, 6.45) is 4.38. The van der Waals surface area contributed by atoms with Gasteiger partial charge in [0, 0.05) is 29.3 Å². The molecule has 1 fully saturated rings. The molecule has 0 unspecified atom stereocenters. The molecule has 3 heteroatoms. The normalized spacial score (nSPS) is 19.8. The molecular formula is C11H19N3. The molecule has 0 saturated heterocycles. The van der Waals surface area contributed by atoms with Crippen molar-refractivity contribution in [3.8, 4) is 0 Å². The molecule has 14 heavy (non-hydrogen) atoms. The van der Waals surface area contributed by atoms with Crippen LogP contribution in [0.3, 0.4) is 0 Å². The molecule has 2 rings (SSSR count). The van der Waals surface area contributed by atoms with E-state index in [0.717, 1.165) is 0 Å². The molecule has 0 atom stereocenters. The Hall–Kier alpha value is -0.830. The molecule has 0 aliphatic heterocycles. The monoisotopic (exact) mass is 193 g/mol. The van der Waals surface area contributed by atoms with Crippen LogP contribution >= 0.6 is 0 Å². The van der Waals surface area contributed by atoms with Crippen molar-refractivity contribution in [2.75, 3.05) is 0 Å². The summed E-state index contributed by atoms with van der Waals surface area (Å²) in [4.78, 5) is 0. The van der Waals surface area contributed by atoms with Gasteiger partial charge in [0.2, 0.25) is 0 Å². The first-order chi connectivity index (χ1) is 6.38. The average Bonchev–Trinajstić information content (AvgIpc) is 2.79. The van der Waals surface area contributed by atoms with Gasteiger partial charge in [-0.25, -0.2) is 0 Å². The quantitative estimate of drug-likeness (QED) is 0.773. The molecule has 1 aromatic rings. The molecule has 3 nitrogen and oxygen atoms in total. The summed E-state index contributed by atoms with van der Waals surface area (Å²) in [6.45, 7) is 6.35. The smallest absolute Gasteiger partial charge is 0.0530 e. The van der Waals surface area contributed by atoms with Crippen LogP contribution in [-0.2, 0) is 12.5 Å². The van der Waals surface area contributed by atoms with Crippen molar-refractivity contribution >= 4 is 0 Å². The van der Waals surface area contributed by atoms with Crippen molar-refractivity contribution in [2.24, 2.45) is 12.8 Å². The van der Waals surface area contributed by atoms with Crippen LogP contribution in [0.2, 0.25) is 0 Å². The van der Waals surface area contributed by atoms with Crippen LogP contribution in [0.5, 0.6) is 0 Å². The lowest BCUT2D eigenvalue weighted by Crippen LogP contribution is -2.45. The molecule has 1 aliphatic rings. The summed E-state index contributed by atoms with van der Waals surface area (Å²) in [5.74, 6) is 0. The number of nitrogens with two attached hydrogens (primary N) is 1. The SMILES string of the molecule is Cc1c(C2(C(C)(C)N)CC2)cnn1C. The lowest BCUT2D eigenvalue weighted by atomic mass is 9.79. The van der Waals surface area contributed by atoms with Crippen molar-refractivity contribution in [1.29, 1.82) is 0 Å². The number of aryl methyl sites for hydroxylation is 1. The van der Waals surface area contributed by atoms with Gasteiger partial charge in [-0.2, -0.15) is 5.10 Å². The van der Waals surface area contributed by atoms with E-state index in [1.165, 1.54) is 24.1 Å². The summed E-state index contributed by atoms with van der Waals surface area (Å²) in [7, 11) is 1.98. The van der Waals surface area contributed by atoms with E-state index in [1.807, 2.05) is 17.9 Å². The van der Waals surface area contributed by atoms with Crippen LogP contribution in [0, 0.1) is 6.92 Å². The standard InChI is InChI=1S/C11H19N3/c1-8-9(7-13-14(8)4)11(5-6-11)10(2,3)12/h7H,5-6,12H2,1-4H3. The molecule has 0 amide bonds. The highest BCUT2D eigenvalue weighted by Gasteiger charge is 2.55. The summed E-state index contributed by atoms with van der Waals surface area (Å²) in [5.41, 5.74) is 8.89. The molecular weight excluding hydrogens is 174 g/mol. The van der Waals surface area contributed by atoms with Crippen molar-refractivity contribution in [3.63, 3.8) is 0 Å². The third-order valence-electron chi connectivity index (χ3n) is 3.73. The first-order valence-corrected chi connectivity index (χ1v) is 5.16. The highest BCUT2D eigenvalue weighted by molar-refractivity contribution is 5.37. The zero-order valence-corrected chi connectivity index (χ0v) is 9.46. The van der Waals surface area contributed by atoms with E-state index in [9.17, 15) is 0 Å². The van der Waals surface area contributed by atoms with Gasteiger partial charge in [0.15, 0.2) is 0 Å². The maximum Gasteiger partial charge on any atom is 0.0530 e. The van der Waals surface area contributed by atoms with Gasteiger partial charge >= 0.3 is 0 Å². The van der Waals surface area contributed by atoms with E-state index in [-0.39, 0.29) is 11.0 Å². The zero-order chi connectivity index (χ0) is 10.6. The summed E-state index contributed by atoms with van der Waals surface area (Å²) in [5, 5.41) is 4.30. The van der Waals surface area contributed by atoms with E-state index in [4.69, 9.17) is 5.73 Å². The first kappa shape index (κ1) is 9.71. The first-order valence-electron chi connectivity index (χ1n) is 5.16. The van der Waals surface area contributed by atoms with Crippen LogP contribution in [0.15, 0.2) is 6.20 Å². The zero-order valence-electron chi connectivity index (χ0n) is 9.46. The van der Waals surface area contributed by atoms with Gasteiger partial charge in [-0.1, -0.05) is 0 Å². The molecule has 1 saturated carbocycles. The minimum absolute atomic E-state index is 0.138. The summed E-state index contributed by atoms with van der Waals surface area (Å²) in [6, 6.07) is 0. The third-order valence-corrected chi connectivity index (χ3v) is 3.73. The Morgan fingerprint density at radius 1 is 1.50 bits per heavy atom. The van der Waals surface area contributed by atoms with Gasteiger partial charge in [-0.05, 0) is 33.6 Å². The Balaban J connectivity index is 2.46. The molecule has 1 heterocycles. The predicted molar refractivity (Wildman–Crippen MR) is 57.1 cm³/mol. The lowest BCUT2D eigenvalue weighted by molar-refractivity contribution is 0.390. The Morgan fingerprint density at radius 2 is 2.07 bits per heavy atom. The van der Waals surface area contributed by atoms with Crippen LogP contribution in [-0.4, -0.2) is 15.3 Å². The van der Waals surface area contributed by atoms with E-state index in [0.29, 0.717) is 0 Å². The minimum Gasteiger partial charge on any atom is -0.325 e. The molecule has 0 spiro atoms. The molecule has 1 aliphatic carbocycles. The second kappa shape index (κ2) is 2.60. The summed E-state index contributed by atoms with van der Waals surface area (Å²) >= 11 is 0. The highest BCUT2D eigenvalue weighted by atomic mass is 15.3. The maximum absolute atomic E-state index is 6.25. The van der Waals surface area contributed by atoms with Gasteiger partial charge in [0.05, 0.1) is 6.20 Å². The lowest BCUT2D eigenvalue weighted by Gasteiger charge is -2.30. The van der Waals surface area contributed by atoms with Gasteiger partial charge < -0.3 is 5.73 Å². The topological polar surface area (TPSA) is 43.8 Å². The second-order valence-corrected chi connectivity index (χ2v) is 5.07. The average molecular weight is 193 g/mol. The Kier molecular flexibility index (Phi) is 1.80. The number of hydrogen-bond donors (Lipinski definition) is 1. The number of hydrogen-bond acceptors (Lipinski definition) is 2. The summed E-state index contributed by atoms with van der Waals surface area (Å²) < 4.78 is 1.93. The number of nitrogens with zero attached hydrogens (tertiary/aromatic N) is 2. The second-order valence-electron chi connectivity index (χ2n) is 5.07. The van der Waals surface area contributed by atoms with Gasteiger partial charge in [-0.15, -0.1) is 0 Å². The van der Waals surface area contributed by atoms with E-state index < -0.39 is 0 Å². The maximum atomic E-state index is 6.25. The Morgan fingerprint density at radius 3 is 2.36 bits per heavy atom. The Bertz CT molecular complexity index is 353. The van der Waals surface area contributed by atoms with Crippen LogP contribution in [0.25, 0.3) is 0 Å².